The van der Waals surface area contributed by atoms with Gasteiger partial charge in [-0.15, -0.1) is 0 Å². The van der Waals surface area contributed by atoms with Crippen molar-refractivity contribution in [1.29, 1.82) is 0 Å². The second kappa shape index (κ2) is 7.90. The molecule has 0 aliphatic carbocycles. The average Bonchev–Trinajstić information content (AvgIpc) is 2.04. The van der Waals surface area contributed by atoms with E-state index in [4.69, 9.17) is 4.74 Å². The van der Waals surface area contributed by atoms with E-state index in [1.165, 1.54) is 12.2 Å². The van der Waals surface area contributed by atoms with Crippen LogP contribution in [-0.2, 0) is 4.74 Å². The van der Waals surface area contributed by atoms with Crippen molar-refractivity contribution in [2.75, 3.05) is 25.7 Å². The average molecular weight is 191 g/mol. The van der Waals surface area contributed by atoms with Crippen molar-refractivity contribution < 1.29 is 4.74 Å². The number of hydrogen-bond donors (Lipinski definition) is 1. The molecule has 0 heterocycles. The smallest absolute Gasteiger partial charge is 0.0613 e. The normalized spacial score (nSPS) is 16.0. The van der Waals surface area contributed by atoms with Crippen LogP contribution in [0.15, 0.2) is 0 Å². The van der Waals surface area contributed by atoms with Crippen molar-refractivity contribution in [1.82, 2.24) is 5.32 Å². The molecule has 0 amide bonds. The number of methoxy groups -OCH3 is 1. The molecule has 74 valence electrons. The van der Waals surface area contributed by atoms with E-state index in [1.54, 1.807) is 7.11 Å². The first-order valence-corrected chi connectivity index (χ1v) is 5.87. The predicted molar refractivity (Wildman–Crippen MR) is 56.9 cm³/mol. The molecule has 0 aromatic rings. The van der Waals surface area contributed by atoms with Crippen LogP contribution < -0.4 is 5.32 Å². The molecular formula is C9H21NOS. The lowest BCUT2D eigenvalue weighted by Crippen LogP contribution is -2.40. The van der Waals surface area contributed by atoms with Crippen molar-refractivity contribution >= 4 is 11.8 Å². The van der Waals surface area contributed by atoms with Gasteiger partial charge in [0.05, 0.1) is 6.61 Å². The molecule has 2 nitrogen and oxygen atoms in total. The molecule has 0 saturated heterocycles. The Labute approximate surface area is 80.4 Å². The van der Waals surface area contributed by atoms with Gasteiger partial charge in [-0.3, -0.25) is 0 Å². The predicted octanol–water partition coefficient (Wildman–Crippen LogP) is 1.75. The molecule has 2 unspecified atom stereocenters. The Bertz CT molecular complexity index is 101. The minimum atomic E-state index is 0.465. The lowest BCUT2D eigenvalue weighted by atomic mass is 10.2. The third-order valence-electron chi connectivity index (χ3n) is 1.80. The molecule has 3 heteroatoms. The summed E-state index contributed by atoms with van der Waals surface area (Å²) in [7, 11) is 1.74. The van der Waals surface area contributed by atoms with Crippen molar-refractivity contribution in [3.63, 3.8) is 0 Å². The van der Waals surface area contributed by atoms with Gasteiger partial charge in [-0.1, -0.05) is 6.92 Å². The van der Waals surface area contributed by atoms with Crippen molar-refractivity contribution in [2.45, 2.75) is 32.4 Å². The molecule has 0 aliphatic heterocycles. The molecule has 0 aromatic carbocycles. The number of nitrogens with one attached hydrogen (secondary N) is 1. The Hall–Kier alpha value is 0.270. The minimum Gasteiger partial charge on any atom is -0.383 e. The Morgan fingerprint density at radius 2 is 2.17 bits per heavy atom. The molecule has 2 atom stereocenters. The Kier molecular flexibility index (Phi) is 8.07. The van der Waals surface area contributed by atoms with E-state index in [9.17, 15) is 0 Å². The molecule has 0 radical (unpaired) electrons. The largest absolute Gasteiger partial charge is 0.383 e. The molecular weight excluding hydrogens is 170 g/mol. The fraction of sp³-hybridized carbons (Fsp3) is 1.00. The van der Waals surface area contributed by atoms with Gasteiger partial charge in [0.1, 0.15) is 0 Å². The summed E-state index contributed by atoms with van der Waals surface area (Å²) in [5.41, 5.74) is 0. The van der Waals surface area contributed by atoms with E-state index >= 15 is 0 Å². The maximum absolute atomic E-state index is 5.06. The van der Waals surface area contributed by atoms with Crippen molar-refractivity contribution in [3.8, 4) is 0 Å². The molecule has 0 spiro atoms. The fourth-order valence-corrected chi connectivity index (χ4v) is 1.92. The first-order valence-electron chi connectivity index (χ1n) is 4.48. The van der Waals surface area contributed by atoms with Gasteiger partial charge in [0.15, 0.2) is 0 Å². The topological polar surface area (TPSA) is 21.3 Å². The standard InChI is InChI=1S/C9H21NOS/c1-5-9(7-12-4)10-8(2)6-11-3/h8-10H,5-7H2,1-4H3. The second-order valence-electron chi connectivity index (χ2n) is 3.08. The van der Waals surface area contributed by atoms with Crippen LogP contribution in [0, 0.1) is 0 Å². The van der Waals surface area contributed by atoms with Crippen LogP contribution in [0.5, 0.6) is 0 Å². The van der Waals surface area contributed by atoms with Gasteiger partial charge in [-0.25, -0.2) is 0 Å². The molecule has 0 aliphatic rings. The van der Waals surface area contributed by atoms with Crippen LogP contribution in [0.4, 0.5) is 0 Å². The van der Waals surface area contributed by atoms with Crippen molar-refractivity contribution in [3.05, 3.63) is 0 Å². The van der Waals surface area contributed by atoms with Gasteiger partial charge in [0, 0.05) is 24.9 Å². The summed E-state index contributed by atoms with van der Waals surface area (Å²) in [6.07, 6.45) is 3.33. The van der Waals surface area contributed by atoms with Gasteiger partial charge < -0.3 is 10.1 Å². The quantitative estimate of drug-likeness (QED) is 0.662. The van der Waals surface area contributed by atoms with Gasteiger partial charge in [0.2, 0.25) is 0 Å². The molecule has 0 saturated carbocycles. The Morgan fingerprint density at radius 3 is 2.58 bits per heavy atom. The summed E-state index contributed by atoms with van der Waals surface area (Å²) >= 11 is 1.89. The molecule has 12 heavy (non-hydrogen) atoms. The number of hydrogen-bond acceptors (Lipinski definition) is 3. The first kappa shape index (κ1) is 12.3. The van der Waals surface area contributed by atoms with Crippen LogP contribution in [0.1, 0.15) is 20.3 Å². The zero-order valence-electron chi connectivity index (χ0n) is 8.59. The van der Waals surface area contributed by atoms with Crippen LogP contribution in [0.2, 0.25) is 0 Å². The summed E-state index contributed by atoms with van der Waals surface area (Å²) < 4.78 is 5.06. The van der Waals surface area contributed by atoms with E-state index in [0.717, 1.165) is 6.61 Å². The summed E-state index contributed by atoms with van der Waals surface area (Å²) in [5, 5.41) is 3.52. The minimum absolute atomic E-state index is 0.465. The molecule has 1 N–H and O–H groups in total. The molecule has 0 aromatic heterocycles. The van der Waals surface area contributed by atoms with E-state index in [-0.39, 0.29) is 0 Å². The molecule has 0 fully saturated rings. The molecule has 0 bridgehead atoms. The third kappa shape index (κ3) is 5.86. The van der Waals surface area contributed by atoms with Crippen molar-refractivity contribution in [2.24, 2.45) is 0 Å². The number of rotatable bonds is 7. The lowest BCUT2D eigenvalue weighted by Gasteiger charge is -2.20. The van der Waals surface area contributed by atoms with Gasteiger partial charge in [-0.2, -0.15) is 11.8 Å². The van der Waals surface area contributed by atoms with E-state index in [2.05, 4.69) is 25.4 Å². The van der Waals surface area contributed by atoms with Gasteiger partial charge in [0.25, 0.3) is 0 Å². The first-order chi connectivity index (χ1) is 5.74. The zero-order chi connectivity index (χ0) is 9.40. The summed E-state index contributed by atoms with van der Waals surface area (Å²) in [5.74, 6) is 1.19. The number of thioether (sulfide) groups is 1. The fourth-order valence-electron chi connectivity index (χ4n) is 1.19. The summed E-state index contributed by atoms with van der Waals surface area (Å²) in [6.45, 7) is 5.17. The highest BCUT2D eigenvalue weighted by Gasteiger charge is 2.08. The maximum Gasteiger partial charge on any atom is 0.0613 e. The SMILES string of the molecule is CCC(CSC)NC(C)COC. The van der Waals surface area contributed by atoms with Gasteiger partial charge in [-0.05, 0) is 19.6 Å². The lowest BCUT2D eigenvalue weighted by molar-refractivity contribution is 0.167. The van der Waals surface area contributed by atoms with E-state index in [1.807, 2.05) is 11.8 Å². The van der Waals surface area contributed by atoms with Crippen LogP contribution >= 0.6 is 11.8 Å². The summed E-state index contributed by atoms with van der Waals surface area (Å²) in [6, 6.07) is 1.09. The number of ether oxygens (including phenoxy) is 1. The highest BCUT2D eigenvalue weighted by Crippen LogP contribution is 2.02. The molecule has 0 rings (SSSR count). The zero-order valence-corrected chi connectivity index (χ0v) is 9.41. The monoisotopic (exact) mass is 191 g/mol. The Balaban J connectivity index is 3.53. The van der Waals surface area contributed by atoms with Crippen LogP contribution in [0.3, 0.4) is 0 Å². The highest BCUT2D eigenvalue weighted by molar-refractivity contribution is 7.98. The van der Waals surface area contributed by atoms with E-state index < -0.39 is 0 Å². The second-order valence-corrected chi connectivity index (χ2v) is 3.99. The third-order valence-corrected chi connectivity index (χ3v) is 2.53. The van der Waals surface area contributed by atoms with Crippen LogP contribution in [0.25, 0.3) is 0 Å². The summed E-state index contributed by atoms with van der Waals surface area (Å²) in [4.78, 5) is 0. The maximum atomic E-state index is 5.06. The highest BCUT2D eigenvalue weighted by atomic mass is 32.2. The Morgan fingerprint density at radius 1 is 1.50 bits per heavy atom. The van der Waals surface area contributed by atoms with Crippen LogP contribution in [-0.4, -0.2) is 37.8 Å². The van der Waals surface area contributed by atoms with E-state index in [0.29, 0.717) is 12.1 Å². The van der Waals surface area contributed by atoms with Gasteiger partial charge >= 0.3 is 0 Å².